The van der Waals surface area contributed by atoms with E-state index >= 15 is 0 Å². The monoisotopic (exact) mass is 379 g/mol. The smallest absolute Gasteiger partial charge is 0.243 e. The van der Waals surface area contributed by atoms with Crippen LogP contribution in [0.1, 0.15) is 23.9 Å². The van der Waals surface area contributed by atoms with Gasteiger partial charge >= 0.3 is 0 Å². The van der Waals surface area contributed by atoms with E-state index < -0.39 is 10.0 Å². The van der Waals surface area contributed by atoms with Gasteiger partial charge in [-0.1, -0.05) is 5.16 Å². The number of benzene rings is 1. The summed E-state index contributed by atoms with van der Waals surface area (Å²) in [4.78, 5) is 2.54. The fourth-order valence-corrected chi connectivity index (χ4v) is 4.52. The van der Waals surface area contributed by atoms with E-state index in [1.54, 1.807) is 28.6 Å². The molecule has 1 fully saturated rings. The molecule has 1 saturated heterocycles. The Morgan fingerprint density at radius 2 is 1.77 bits per heavy atom. The Morgan fingerprint density at radius 1 is 1.12 bits per heavy atom. The van der Waals surface area contributed by atoms with Crippen LogP contribution < -0.4 is 4.74 Å². The van der Waals surface area contributed by atoms with Crippen LogP contribution in [0.25, 0.3) is 0 Å². The summed E-state index contributed by atoms with van der Waals surface area (Å²) in [5, 5.41) is 3.98. The maximum Gasteiger partial charge on any atom is 0.243 e. The molecule has 8 heteroatoms. The van der Waals surface area contributed by atoms with Crippen LogP contribution >= 0.6 is 0 Å². The van der Waals surface area contributed by atoms with Crippen LogP contribution in [0.4, 0.5) is 0 Å². The van der Waals surface area contributed by atoms with E-state index in [0.29, 0.717) is 43.4 Å². The van der Waals surface area contributed by atoms with Crippen LogP contribution in [0, 0.1) is 13.8 Å². The molecule has 26 heavy (non-hydrogen) atoms. The van der Waals surface area contributed by atoms with E-state index in [4.69, 9.17) is 9.26 Å². The zero-order valence-electron chi connectivity index (χ0n) is 15.4. The van der Waals surface area contributed by atoms with Gasteiger partial charge in [0.2, 0.25) is 10.0 Å². The first-order valence-electron chi connectivity index (χ1n) is 8.79. The highest BCUT2D eigenvalue weighted by Gasteiger charge is 2.29. The molecule has 7 nitrogen and oxygen atoms in total. The minimum absolute atomic E-state index is 0.306. The first-order chi connectivity index (χ1) is 12.4. The lowest BCUT2D eigenvalue weighted by molar-refractivity contribution is 0.180. The standard InChI is InChI=1S/C18H25N3O4S/c1-4-24-16-5-7-17(8-6-16)26(22,23)21-11-9-20(10-12-21)13-18-14(2)19-25-15(18)3/h5-8H,4,9-13H2,1-3H3. The second kappa shape index (κ2) is 7.77. The minimum Gasteiger partial charge on any atom is -0.494 e. The summed E-state index contributed by atoms with van der Waals surface area (Å²) >= 11 is 0. The molecule has 0 N–H and O–H groups in total. The van der Waals surface area contributed by atoms with Gasteiger partial charge in [0.25, 0.3) is 0 Å². The fraction of sp³-hybridized carbons (Fsp3) is 0.500. The van der Waals surface area contributed by atoms with Crippen molar-refractivity contribution in [3.8, 4) is 5.75 Å². The molecular weight excluding hydrogens is 354 g/mol. The highest BCUT2D eigenvalue weighted by Crippen LogP contribution is 2.22. The van der Waals surface area contributed by atoms with Gasteiger partial charge in [-0.2, -0.15) is 4.31 Å². The zero-order chi connectivity index (χ0) is 18.7. The van der Waals surface area contributed by atoms with Crippen molar-refractivity contribution in [3.63, 3.8) is 0 Å². The van der Waals surface area contributed by atoms with Crippen LogP contribution in [-0.4, -0.2) is 55.6 Å². The molecule has 1 aliphatic heterocycles. The molecule has 2 heterocycles. The summed E-state index contributed by atoms with van der Waals surface area (Å²) in [5.41, 5.74) is 1.99. The topological polar surface area (TPSA) is 75.9 Å². The van der Waals surface area contributed by atoms with E-state index in [2.05, 4.69) is 10.1 Å². The van der Waals surface area contributed by atoms with Crippen molar-refractivity contribution in [2.45, 2.75) is 32.2 Å². The minimum atomic E-state index is -3.48. The molecule has 0 amide bonds. The number of piperazine rings is 1. The van der Waals surface area contributed by atoms with Gasteiger partial charge in [-0.15, -0.1) is 0 Å². The van der Waals surface area contributed by atoms with Gasteiger partial charge in [0.15, 0.2) is 0 Å². The average Bonchev–Trinajstić information content (AvgIpc) is 2.95. The first-order valence-corrected chi connectivity index (χ1v) is 10.2. The third-order valence-corrected chi connectivity index (χ3v) is 6.58. The third-order valence-electron chi connectivity index (χ3n) is 4.67. The predicted octanol–water partition coefficient (Wildman–Crippen LogP) is 2.20. The molecule has 0 bridgehead atoms. The summed E-state index contributed by atoms with van der Waals surface area (Å²) in [6.07, 6.45) is 0. The van der Waals surface area contributed by atoms with Gasteiger partial charge in [-0.05, 0) is 45.0 Å². The third kappa shape index (κ3) is 3.92. The molecule has 1 aromatic carbocycles. The summed E-state index contributed by atoms with van der Waals surface area (Å²) in [5.74, 6) is 1.50. The number of sulfonamides is 1. The second-order valence-electron chi connectivity index (χ2n) is 6.39. The van der Waals surface area contributed by atoms with Crippen molar-refractivity contribution >= 4 is 10.0 Å². The van der Waals surface area contributed by atoms with Crippen LogP contribution in [0.2, 0.25) is 0 Å². The summed E-state index contributed by atoms with van der Waals surface area (Å²) in [7, 11) is -3.48. The van der Waals surface area contributed by atoms with Gasteiger partial charge in [-0.25, -0.2) is 8.42 Å². The molecule has 3 rings (SSSR count). The highest BCUT2D eigenvalue weighted by atomic mass is 32.2. The maximum absolute atomic E-state index is 12.8. The number of nitrogens with zero attached hydrogens (tertiary/aromatic N) is 3. The van der Waals surface area contributed by atoms with E-state index in [-0.39, 0.29) is 0 Å². The van der Waals surface area contributed by atoms with Gasteiger partial charge < -0.3 is 9.26 Å². The molecule has 0 radical (unpaired) electrons. The van der Waals surface area contributed by atoms with E-state index in [1.807, 2.05) is 20.8 Å². The van der Waals surface area contributed by atoms with E-state index in [0.717, 1.165) is 23.6 Å². The molecular formula is C18H25N3O4S. The van der Waals surface area contributed by atoms with Crippen molar-refractivity contribution in [2.24, 2.45) is 0 Å². The summed E-state index contributed by atoms with van der Waals surface area (Å²) in [6, 6.07) is 6.61. The molecule has 0 spiro atoms. The SMILES string of the molecule is CCOc1ccc(S(=O)(=O)N2CCN(Cc3c(C)noc3C)CC2)cc1. The second-order valence-corrected chi connectivity index (χ2v) is 8.33. The Kier molecular flexibility index (Phi) is 5.64. The quantitative estimate of drug-likeness (QED) is 0.766. The number of ether oxygens (including phenoxy) is 1. The lowest BCUT2D eigenvalue weighted by Gasteiger charge is -2.33. The number of aromatic nitrogens is 1. The highest BCUT2D eigenvalue weighted by molar-refractivity contribution is 7.89. The van der Waals surface area contributed by atoms with Crippen LogP contribution in [0.15, 0.2) is 33.7 Å². The first kappa shape index (κ1) is 18.9. The molecule has 0 saturated carbocycles. The Hall–Kier alpha value is -1.90. The van der Waals surface area contributed by atoms with Crippen LogP contribution in [0.3, 0.4) is 0 Å². The Bertz CT molecular complexity index is 818. The normalized spacial score (nSPS) is 16.7. The van der Waals surface area contributed by atoms with Crippen molar-refractivity contribution in [3.05, 3.63) is 41.3 Å². The van der Waals surface area contributed by atoms with Crippen LogP contribution in [0.5, 0.6) is 5.75 Å². The van der Waals surface area contributed by atoms with Crippen molar-refractivity contribution in [1.82, 2.24) is 14.4 Å². The largest absolute Gasteiger partial charge is 0.494 e. The van der Waals surface area contributed by atoms with Crippen molar-refractivity contribution in [2.75, 3.05) is 32.8 Å². The van der Waals surface area contributed by atoms with Gasteiger partial charge in [0.05, 0.1) is 17.2 Å². The number of rotatable bonds is 6. The Morgan fingerprint density at radius 3 is 2.31 bits per heavy atom. The average molecular weight is 379 g/mol. The number of hydrogen-bond acceptors (Lipinski definition) is 6. The molecule has 142 valence electrons. The van der Waals surface area contributed by atoms with Gasteiger partial charge in [0.1, 0.15) is 11.5 Å². The molecule has 0 unspecified atom stereocenters. The number of hydrogen-bond donors (Lipinski definition) is 0. The van der Waals surface area contributed by atoms with E-state index in [1.165, 1.54) is 0 Å². The Labute approximate surface area is 154 Å². The predicted molar refractivity (Wildman–Crippen MR) is 97.6 cm³/mol. The number of aryl methyl sites for hydroxylation is 2. The molecule has 1 aromatic heterocycles. The van der Waals surface area contributed by atoms with Crippen LogP contribution in [-0.2, 0) is 16.6 Å². The lowest BCUT2D eigenvalue weighted by atomic mass is 10.2. The summed E-state index contributed by atoms with van der Waals surface area (Å²) in [6.45, 7) is 9.32. The lowest BCUT2D eigenvalue weighted by Crippen LogP contribution is -2.48. The molecule has 2 aromatic rings. The summed E-state index contributed by atoms with van der Waals surface area (Å²) < 4.78 is 37.8. The molecule has 0 atom stereocenters. The Balaban J connectivity index is 1.63. The van der Waals surface area contributed by atoms with Crippen molar-refractivity contribution < 1.29 is 17.7 Å². The van der Waals surface area contributed by atoms with Gasteiger partial charge in [-0.3, -0.25) is 4.90 Å². The van der Waals surface area contributed by atoms with Gasteiger partial charge in [0, 0.05) is 38.3 Å². The van der Waals surface area contributed by atoms with E-state index in [9.17, 15) is 8.42 Å². The fourth-order valence-electron chi connectivity index (χ4n) is 3.10. The van der Waals surface area contributed by atoms with Crippen molar-refractivity contribution in [1.29, 1.82) is 0 Å². The maximum atomic E-state index is 12.8. The molecule has 1 aliphatic rings. The zero-order valence-corrected chi connectivity index (χ0v) is 16.3. The molecule has 0 aliphatic carbocycles.